The zero-order valence-corrected chi connectivity index (χ0v) is 19.7. The number of piperidine rings is 1. The molecule has 0 radical (unpaired) electrons. The van der Waals surface area contributed by atoms with Crippen molar-refractivity contribution in [2.45, 2.75) is 31.8 Å². The molecule has 0 saturated carbocycles. The van der Waals surface area contributed by atoms with Gasteiger partial charge in [0.2, 0.25) is 5.91 Å². The number of likely N-dealkylation sites (N-methyl/N-ethyl adjacent to an activating group) is 1. The van der Waals surface area contributed by atoms with Gasteiger partial charge in [0.1, 0.15) is 5.75 Å². The number of carbonyl (C=O) groups is 1. The number of aromatic nitrogens is 1. The van der Waals surface area contributed by atoms with Gasteiger partial charge < -0.3 is 18.9 Å². The van der Waals surface area contributed by atoms with E-state index in [9.17, 15) is 4.79 Å². The van der Waals surface area contributed by atoms with Crippen LogP contribution in [0.15, 0.2) is 24.4 Å². The van der Waals surface area contributed by atoms with E-state index in [1.54, 1.807) is 7.11 Å². The van der Waals surface area contributed by atoms with Crippen molar-refractivity contribution in [3.8, 4) is 5.75 Å². The predicted octanol–water partition coefficient (Wildman–Crippen LogP) is 2.33. The summed E-state index contributed by atoms with van der Waals surface area (Å²) in [5.41, 5.74) is 2.89. The number of hydrogen-bond donors (Lipinski definition) is 0. The van der Waals surface area contributed by atoms with Crippen LogP contribution in [-0.2, 0) is 23.1 Å². The number of amides is 1. The average Bonchev–Trinajstić information content (AvgIpc) is 3.31. The Hall–Kier alpha value is -2.09. The Kier molecular flexibility index (Phi) is 5.90. The maximum Gasteiger partial charge on any atom is 0.240 e. The molecule has 0 N–H and O–H groups in total. The normalized spacial score (nSPS) is 24.5. The van der Waals surface area contributed by atoms with Crippen molar-refractivity contribution < 1.29 is 14.3 Å². The van der Waals surface area contributed by atoms with Crippen LogP contribution in [-0.4, -0.2) is 91.3 Å². The summed E-state index contributed by atoms with van der Waals surface area (Å²) in [6.07, 6.45) is 5.59. The molecule has 7 nitrogen and oxygen atoms in total. The molecule has 7 heteroatoms. The first kappa shape index (κ1) is 21.7. The summed E-state index contributed by atoms with van der Waals surface area (Å²) in [7, 11) is 5.97. The SMILES string of the molecule is COc1ccc2c(c1)c(CN1CCC3(CC1)CC(C(=O)N1CCOCC1)N(C)C3)cn2C. The fourth-order valence-electron chi connectivity index (χ4n) is 6.03. The Labute approximate surface area is 190 Å². The van der Waals surface area contributed by atoms with Crippen LogP contribution in [0.25, 0.3) is 10.9 Å². The summed E-state index contributed by atoms with van der Waals surface area (Å²) in [5, 5.41) is 1.28. The van der Waals surface area contributed by atoms with Crippen molar-refractivity contribution >= 4 is 16.8 Å². The molecule has 4 heterocycles. The summed E-state index contributed by atoms with van der Waals surface area (Å²) in [5.74, 6) is 1.22. The summed E-state index contributed by atoms with van der Waals surface area (Å²) in [6, 6.07) is 6.36. The minimum atomic E-state index is 0.0326. The van der Waals surface area contributed by atoms with E-state index in [1.807, 2.05) is 11.0 Å². The van der Waals surface area contributed by atoms with Crippen molar-refractivity contribution in [1.29, 1.82) is 0 Å². The highest BCUT2D eigenvalue weighted by molar-refractivity contribution is 5.85. The van der Waals surface area contributed by atoms with Gasteiger partial charge in [0, 0.05) is 50.3 Å². The van der Waals surface area contributed by atoms with Crippen molar-refractivity contribution in [3.63, 3.8) is 0 Å². The number of methoxy groups -OCH3 is 1. The van der Waals surface area contributed by atoms with Gasteiger partial charge in [-0.05, 0) is 68.6 Å². The molecule has 1 atom stereocenters. The number of aryl methyl sites for hydroxylation is 1. The molecule has 3 aliphatic rings. The Morgan fingerprint density at radius 2 is 1.91 bits per heavy atom. The van der Waals surface area contributed by atoms with Crippen molar-refractivity contribution in [2.24, 2.45) is 12.5 Å². The molecule has 174 valence electrons. The van der Waals surface area contributed by atoms with Gasteiger partial charge in [0.05, 0.1) is 26.4 Å². The van der Waals surface area contributed by atoms with E-state index in [4.69, 9.17) is 9.47 Å². The molecule has 3 aliphatic heterocycles. The van der Waals surface area contributed by atoms with Crippen LogP contribution in [0, 0.1) is 5.41 Å². The standard InChI is InChI=1S/C25H36N4O3/c1-26-16-19(21-14-20(31-3)4-5-22(21)26)17-28-8-6-25(7-9-28)15-23(27(2)18-25)24(30)29-10-12-32-13-11-29/h4-5,14,16,23H,6-13,15,17-18H2,1-3H3. The average molecular weight is 441 g/mol. The lowest BCUT2D eigenvalue weighted by Gasteiger charge is -2.39. The third-order valence-electron chi connectivity index (χ3n) is 7.94. The highest BCUT2D eigenvalue weighted by Gasteiger charge is 2.47. The van der Waals surface area contributed by atoms with Gasteiger partial charge >= 0.3 is 0 Å². The van der Waals surface area contributed by atoms with E-state index in [0.29, 0.717) is 19.1 Å². The molecule has 0 aliphatic carbocycles. The van der Waals surface area contributed by atoms with Crippen LogP contribution in [0.1, 0.15) is 24.8 Å². The molecule has 1 aromatic carbocycles. The molecule has 5 rings (SSSR count). The monoisotopic (exact) mass is 440 g/mol. The first-order chi connectivity index (χ1) is 15.5. The van der Waals surface area contributed by atoms with Crippen LogP contribution in [0.3, 0.4) is 0 Å². The summed E-state index contributed by atoms with van der Waals surface area (Å²) in [4.78, 5) is 20.0. The van der Waals surface area contributed by atoms with Gasteiger partial charge in [0.25, 0.3) is 0 Å². The van der Waals surface area contributed by atoms with Crippen LogP contribution in [0.2, 0.25) is 0 Å². The quantitative estimate of drug-likeness (QED) is 0.731. The minimum Gasteiger partial charge on any atom is -0.497 e. The summed E-state index contributed by atoms with van der Waals surface area (Å²) in [6.45, 7) is 6.99. The largest absolute Gasteiger partial charge is 0.497 e. The van der Waals surface area contributed by atoms with Gasteiger partial charge in [-0.1, -0.05) is 0 Å². The third kappa shape index (κ3) is 4.02. The molecule has 32 heavy (non-hydrogen) atoms. The first-order valence-corrected chi connectivity index (χ1v) is 11.9. The van der Waals surface area contributed by atoms with E-state index >= 15 is 0 Å². The van der Waals surface area contributed by atoms with Crippen molar-refractivity contribution in [3.05, 3.63) is 30.0 Å². The lowest BCUT2D eigenvalue weighted by Crippen LogP contribution is -2.48. The van der Waals surface area contributed by atoms with Crippen molar-refractivity contribution in [1.82, 2.24) is 19.3 Å². The van der Waals surface area contributed by atoms with Gasteiger partial charge in [-0.15, -0.1) is 0 Å². The second-order valence-electron chi connectivity index (χ2n) is 10.00. The van der Waals surface area contributed by atoms with E-state index in [-0.39, 0.29) is 11.5 Å². The first-order valence-electron chi connectivity index (χ1n) is 11.9. The molecular weight excluding hydrogens is 404 g/mol. The predicted molar refractivity (Wildman–Crippen MR) is 125 cm³/mol. The molecule has 1 aromatic heterocycles. The second-order valence-corrected chi connectivity index (χ2v) is 10.00. The fraction of sp³-hybridized carbons (Fsp3) is 0.640. The van der Waals surface area contributed by atoms with Crippen LogP contribution < -0.4 is 4.74 Å². The Morgan fingerprint density at radius 1 is 1.16 bits per heavy atom. The maximum atomic E-state index is 13.1. The van der Waals surface area contributed by atoms with Gasteiger partial charge in [0.15, 0.2) is 0 Å². The summed E-state index contributed by atoms with van der Waals surface area (Å²) >= 11 is 0. The lowest BCUT2D eigenvalue weighted by atomic mass is 9.76. The van der Waals surface area contributed by atoms with E-state index < -0.39 is 0 Å². The molecule has 1 spiro atoms. The molecule has 3 fully saturated rings. The number of nitrogens with zero attached hydrogens (tertiary/aromatic N) is 4. The number of rotatable bonds is 4. The maximum absolute atomic E-state index is 13.1. The molecular formula is C25H36N4O3. The highest BCUT2D eigenvalue weighted by atomic mass is 16.5. The molecule has 1 unspecified atom stereocenters. The summed E-state index contributed by atoms with van der Waals surface area (Å²) < 4.78 is 13.1. The van der Waals surface area contributed by atoms with Crippen LogP contribution in [0.5, 0.6) is 5.75 Å². The number of fused-ring (bicyclic) bond motifs is 1. The van der Waals surface area contributed by atoms with Gasteiger partial charge in [-0.3, -0.25) is 14.6 Å². The van der Waals surface area contributed by atoms with Crippen LogP contribution >= 0.6 is 0 Å². The minimum absolute atomic E-state index is 0.0326. The van der Waals surface area contributed by atoms with E-state index in [2.05, 4.69) is 46.8 Å². The zero-order valence-electron chi connectivity index (χ0n) is 19.7. The number of hydrogen-bond acceptors (Lipinski definition) is 5. The lowest BCUT2D eigenvalue weighted by molar-refractivity contribution is -0.139. The Bertz CT molecular complexity index is 973. The molecule has 0 bridgehead atoms. The Morgan fingerprint density at radius 3 is 2.62 bits per heavy atom. The van der Waals surface area contributed by atoms with E-state index in [0.717, 1.165) is 64.3 Å². The van der Waals surface area contributed by atoms with Gasteiger partial charge in [-0.25, -0.2) is 0 Å². The fourth-order valence-corrected chi connectivity index (χ4v) is 6.03. The number of likely N-dealkylation sites (tertiary alicyclic amines) is 2. The number of ether oxygens (including phenoxy) is 2. The number of morpholine rings is 1. The Balaban J connectivity index is 1.23. The van der Waals surface area contributed by atoms with E-state index in [1.165, 1.54) is 16.5 Å². The molecule has 3 saturated heterocycles. The highest BCUT2D eigenvalue weighted by Crippen LogP contribution is 2.43. The van der Waals surface area contributed by atoms with Crippen LogP contribution in [0.4, 0.5) is 0 Å². The zero-order chi connectivity index (χ0) is 22.3. The molecule has 2 aromatic rings. The van der Waals surface area contributed by atoms with Crippen molar-refractivity contribution in [2.75, 3.05) is 60.1 Å². The molecule has 1 amide bonds. The number of benzene rings is 1. The smallest absolute Gasteiger partial charge is 0.240 e. The van der Waals surface area contributed by atoms with Gasteiger partial charge in [-0.2, -0.15) is 0 Å². The second kappa shape index (κ2) is 8.69. The topological polar surface area (TPSA) is 50.2 Å². The third-order valence-corrected chi connectivity index (χ3v) is 7.94. The number of carbonyl (C=O) groups excluding carboxylic acids is 1.